The van der Waals surface area contributed by atoms with Gasteiger partial charge in [-0.15, -0.1) is 0 Å². The van der Waals surface area contributed by atoms with Gasteiger partial charge in [0.1, 0.15) is 0 Å². The molecule has 2 rings (SSSR count). The van der Waals surface area contributed by atoms with Gasteiger partial charge in [-0.3, -0.25) is 4.79 Å². The number of hydrogen-bond acceptors (Lipinski definition) is 2. The number of benzene rings is 1. The number of nitrogens with one attached hydrogen (secondary N) is 1. The molecule has 3 heteroatoms. The summed E-state index contributed by atoms with van der Waals surface area (Å²) in [6.45, 7) is 7.54. The molecular weight excluding hydrogens is 248 g/mol. The van der Waals surface area contributed by atoms with Gasteiger partial charge in [0.2, 0.25) is 0 Å². The standard InChI is InChI=1S/C17H26N2O/c1-12(2)10-13(3)19(4)17(20)15-7-8-16-14(11-15)6-5-9-18-16/h7-8,11-13,18H,5-6,9-10H2,1-4H3. The van der Waals surface area contributed by atoms with Crippen LogP contribution in [0.5, 0.6) is 0 Å². The molecule has 20 heavy (non-hydrogen) atoms. The molecule has 1 amide bonds. The molecule has 1 aliphatic rings. The molecule has 1 unspecified atom stereocenters. The van der Waals surface area contributed by atoms with Gasteiger partial charge in [0.15, 0.2) is 0 Å². The summed E-state index contributed by atoms with van der Waals surface area (Å²) in [6.07, 6.45) is 3.24. The van der Waals surface area contributed by atoms with Crippen LogP contribution in [0.1, 0.15) is 49.5 Å². The molecule has 1 aromatic rings. The zero-order chi connectivity index (χ0) is 14.7. The second-order valence-electron chi connectivity index (χ2n) is 6.30. The minimum Gasteiger partial charge on any atom is -0.385 e. The quantitative estimate of drug-likeness (QED) is 0.910. The van der Waals surface area contributed by atoms with Crippen molar-refractivity contribution in [3.05, 3.63) is 29.3 Å². The lowest BCUT2D eigenvalue weighted by molar-refractivity contribution is 0.0728. The molecule has 110 valence electrons. The molecule has 0 spiro atoms. The molecule has 0 saturated heterocycles. The van der Waals surface area contributed by atoms with E-state index in [1.807, 2.05) is 24.1 Å². The Balaban J connectivity index is 2.12. The molecule has 1 heterocycles. The number of fused-ring (bicyclic) bond motifs is 1. The maximum absolute atomic E-state index is 12.6. The third-order valence-electron chi connectivity index (χ3n) is 4.08. The third-order valence-corrected chi connectivity index (χ3v) is 4.08. The van der Waals surface area contributed by atoms with Crippen molar-refractivity contribution in [1.82, 2.24) is 4.90 Å². The fourth-order valence-corrected chi connectivity index (χ4v) is 2.85. The zero-order valence-electron chi connectivity index (χ0n) is 13.1. The Kier molecular flexibility index (Phi) is 4.69. The Labute approximate surface area is 122 Å². The van der Waals surface area contributed by atoms with Crippen LogP contribution in [0.15, 0.2) is 18.2 Å². The van der Waals surface area contributed by atoms with E-state index in [0.717, 1.165) is 31.4 Å². The Bertz CT molecular complexity index is 482. The van der Waals surface area contributed by atoms with Crippen LogP contribution in [0.3, 0.4) is 0 Å². The van der Waals surface area contributed by atoms with Gasteiger partial charge in [-0.05, 0) is 55.9 Å². The van der Waals surface area contributed by atoms with Crippen LogP contribution in [0.25, 0.3) is 0 Å². The predicted octanol–water partition coefficient (Wildman–Crippen LogP) is 3.55. The minimum absolute atomic E-state index is 0.131. The number of carbonyl (C=O) groups excluding carboxylic acids is 1. The summed E-state index contributed by atoms with van der Waals surface area (Å²) in [5.74, 6) is 0.736. The number of amides is 1. The van der Waals surface area contributed by atoms with Crippen LogP contribution in [-0.2, 0) is 6.42 Å². The summed E-state index contributed by atoms with van der Waals surface area (Å²) in [4.78, 5) is 14.4. The number of anilines is 1. The molecule has 1 atom stereocenters. The van der Waals surface area contributed by atoms with Crippen molar-refractivity contribution >= 4 is 11.6 Å². The molecular formula is C17H26N2O. The smallest absolute Gasteiger partial charge is 0.253 e. The Morgan fingerprint density at radius 3 is 2.80 bits per heavy atom. The highest BCUT2D eigenvalue weighted by atomic mass is 16.2. The highest BCUT2D eigenvalue weighted by Crippen LogP contribution is 2.24. The zero-order valence-corrected chi connectivity index (χ0v) is 13.1. The van der Waals surface area contributed by atoms with Crippen molar-refractivity contribution in [1.29, 1.82) is 0 Å². The summed E-state index contributed by atoms with van der Waals surface area (Å²) < 4.78 is 0. The lowest BCUT2D eigenvalue weighted by Crippen LogP contribution is -2.36. The Morgan fingerprint density at radius 2 is 2.10 bits per heavy atom. The van der Waals surface area contributed by atoms with Crippen LogP contribution in [0, 0.1) is 5.92 Å². The van der Waals surface area contributed by atoms with Crippen LogP contribution in [0.4, 0.5) is 5.69 Å². The molecule has 0 aromatic heterocycles. The molecule has 1 aliphatic heterocycles. The van der Waals surface area contributed by atoms with Gasteiger partial charge in [-0.25, -0.2) is 0 Å². The van der Waals surface area contributed by atoms with Crippen LogP contribution in [-0.4, -0.2) is 30.4 Å². The molecule has 0 fully saturated rings. The van der Waals surface area contributed by atoms with E-state index in [4.69, 9.17) is 0 Å². The van der Waals surface area contributed by atoms with E-state index >= 15 is 0 Å². The second kappa shape index (κ2) is 6.29. The topological polar surface area (TPSA) is 32.3 Å². The summed E-state index contributed by atoms with van der Waals surface area (Å²) in [5, 5.41) is 3.38. The van der Waals surface area contributed by atoms with Crippen molar-refractivity contribution in [2.75, 3.05) is 18.9 Å². The van der Waals surface area contributed by atoms with Gasteiger partial charge in [-0.2, -0.15) is 0 Å². The number of carbonyl (C=O) groups is 1. The maximum atomic E-state index is 12.6. The summed E-state index contributed by atoms with van der Waals surface area (Å²) in [7, 11) is 1.91. The van der Waals surface area contributed by atoms with E-state index in [1.54, 1.807) is 0 Å². The van der Waals surface area contributed by atoms with Crippen molar-refractivity contribution in [3.63, 3.8) is 0 Å². The lowest BCUT2D eigenvalue weighted by atomic mass is 9.99. The van der Waals surface area contributed by atoms with E-state index < -0.39 is 0 Å². The first-order valence-electron chi connectivity index (χ1n) is 7.63. The van der Waals surface area contributed by atoms with E-state index in [9.17, 15) is 4.79 Å². The van der Waals surface area contributed by atoms with Gasteiger partial charge >= 0.3 is 0 Å². The van der Waals surface area contributed by atoms with Gasteiger partial charge < -0.3 is 10.2 Å². The first-order valence-corrected chi connectivity index (χ1v) is 7.63. The van der Waals surface area contributed by atoms with Crippen molar-refractivity contribution in [3.8, 4) is 0 Å². The predicted molar refractivity (Wildman–Crippen MR) is 84.3 cm³/mol. The van der Waals surface area contributed by atoms with Gasteiger partial charge in [0, 0.05) is 30.9 Å². The van der Waals surface area contributed by atoms with E-state index in [0.29, 0.717) is 5.92 Å². The average molecular weight is 274 g/mol. The SMILES string of the molecule is CC(C)CC(C)N(C)C(=O)c1ccc2c(c1)CCCN2. The second-order valence-corrected chi connectivity index (χ2v) is 6.30. The average Bonchev–Trinajstić information content (AvgIpc) is 2.44. The van der Waals surface area contributed by atoms with Gasteiger partial charge in [0.25, 0.3) is 5.91 Å². The Hall–Kier alpha value is -1.51. The van der Waals surface area contributed by atoms with E-state index in [-0.39, 0.29) is 11.9 Å². The minimum atomic E-state index is 0.131. The fourth-order valence-electron chi connectivity index (χ4n) is 2.85. The number of rotatable bonds is 4. The fraction of sp³-hybridized carbons (Fsp3) is 0.588. The molecule has 1 N–H and O–H groups in total. The summed E-state index contributed by atoms with van der Waals surface area (Å²) >= 11 is 0. The largest absolute Gasteiger partial charge is 0.385 e. The highest BCUT2D eigenvalue weighted by Gasteiger charge is 2.19. The van der Waals surface area contributed by atoms with Gasteiger partial charge in [-0.1, -0.05) is 13.8 Å². The van der Waals surface area contributed by atoms with Crippen molar-refractivity contribution in [2.24, 2.45) is 5.92 Å². The molecule has 0 radical (unpaired) electrons. The number of nitrogens with zero attached hydrogens (tertiary/aromatic N) is 1. The van der Waals surface area contributed by atoms with Crippen molar-refractivity contribution < 1.29 is 4.79 Å². The maximum Gasteiger partial charge on any atom is 0.253 e. The highest BCUT2D eigenvalue weighted by molar-refractivity contribution is 5.95. The van der Waals surface area contributed by atoms with E-state index in [2.05, 4.69) is 32.2 Å². The van der Waals surface area contributed by atoms with E-state index in [1.165, 1.54) is 11.3 Å². The molecule has 1 aromatic carbocycles. The first-order chi connectivity index (χ1) is 9.49. The summed E-state index contributed by atoms with van der Waals surface area (Å²) in [5.41, 5.74) is 3.27. The van der Waals surface area contributed by atoms with Crippen molar-refractivity contribution in [2.45, 2.75) is 46.1 Å². The summed E-state index contributed by atoms with van der Waals surface area (Å²) in [6, 6.07) is 6.32. The molecule has 3 nitrogen and oxygen atoms in total. The lowest BCUT2D eigenvalue weighted by Gasteiger charge is -2.27. The van der Waals surface area contributed by atoms with Gasteiger partial charge in [0.05, 0.1) is 0 Å². The Morgan fingerprint density at radius 1 is 1.35 bits per heavy atom. The third kappa shape index (κ3) is 3.33. The number of aryl methyl sites for hydroxylation is 1. The molecule has 0 bridgehead atoms. The van der Waals surface area contributed by atoms with Crippen LogP contribution in [0.2, 0.25) is 0 Å². The first kappa shape index (κ1) is 14.9. The molecule has 0 saturated carbocycles. The van der Waals surface area contributed by atoms with Crippen LogP contribution >= 0.6 is 0 Å². The van der Waals surface area contributed by atoms with Crippen LogP contribution < -0.4 is 5.32 Å². The monoisotopic (exact) mass is 274 g/mol. The number of hydrogen-bond donors (Lipinski definition) is 1. The normalized spacial score (nSPS) is 15.4. The molecule has 0 aliphatic carbocycles.